The van der Waals surface area contributed by atoms with Gasteiger partial charge in [0.2, 0.25) is 0 Å². The van der Waals surface area contributed by atoms with Gasteiger partial charge in [-0.3, -0.25) is 9.59 Å². The second-order valence-electron chi connectivity index (χ2n) is 4.72. The van der Waals surface area contributed by atoms with Crippen LogP contribution in [0.4, 0.5) is 0 Å². The van der Waals surface area contributed by atoms with Gasteiger partial charge in [-0.1, -0.05) is 0 Å². The van der Waals surface area contributed by atoms with Gasteiger partial charge in [0, 0.05) is 0 Å². The number of esters is 1. The van der Waals surface area contributed by atoms with Gasteiger partial charge in [-0.15, -0.1) is 11.3 Å². The van der Waals surface area contributed by atoms with Crippen molar-refractivity contribution in [2.24, 2.45) is 5.92 Å². The number of ether oxygens (including phenoxy) is 1. The van der Waals surface area contributed by atoms with Gasteiger partial charge in [0.05, 0.1) is 8.66 Å². The third kappa shape index (κ3) is 4.24. The molecule has 0 aliphatic carbocycles. The van der Waals surface area contributed by atoms with Crippen LogP contribution >= 0.6 is 27.3 Å². The minimum atomic E-state index is -0.764. The Bertz CT molecular complexity index is 431. The van der Waals surface area contributed by atoms with E-state index in [4.69, 9.17) is 4.74 Å². The number of Topliss-reactive ketones (excluding diaryl/α,β-unsaturated/α-hetero) is 1. The number of carbonyl (C=O) groups excluding carboxylic acids is 2. The van der Waals surface area contributed by atoms with E-state index in [9.17, 15) is 9.59 Å². The van der Waals surface area contributed by atoms with Crippen molar-refractivity contribution in [3.63, 3.8) is 0 Å². The lowest BCUT2D eigenvalue weighted by Crippen LogP contribution is -2.31. The Morgan fingerprint density at radius 2 is 1.94 bits per heavy atom. The fourth-order valence-corrected chi connectivity index (χ4v) is 2.57. The highest BCUT2D eigenvalue weighted by molar-refractivity contribution is 9.11. The highest BCUT2D eigenvalue weighted by Crippen LogP contribution is 2.25. The van der Waals surface area contributed by atoms with Crippen molar-refractivity contribution in [3.05, 3.63) is 20.8 Å². The summed E-state index contributed by atoms with van der Waals surface area (Å²) >= 11 is 4.60. The molecule has 0 spiro atoms. The van der Waals surface area contributed by atoms with E-state index >= 15 is 0 Å². The van der Waals surface area contributed by atoms with Crippen molar-refractivity contribution in [3.8, 4) is 0 Å². The van der Waals surface area contributed by atoms with E-state index in [1.165, 1.54) is 11.3 Å². The summed E-state index contributed by atoms with van der Waals surface area (Å²) in [6, 6.07) is 3.50. The molecule has 1 heterocycles. The molecule has 94 valence electrons. The lowest BCUT2D eigenvalue weighted by molar-refractivity contribution is -0.157. The second-order valence-corrected chi connectivity index (χ2v) is 7.19. The summed E-state index contributed by atoms with van der Waals surface area (Å²) in [6.07, 6.45) is 0. The van der Waals surface area contributed by atoms with Crippen LogP contribution in [-0.4, -0.2) is 17.4 Å². The maximum atomic E-state index is 12.0. The Hall–Kier alpha value is -0.680. The molecule has 0 N–H and O–H groups in total. The van der Waals surface area contributed by atoms with Crippen LogP contribution in [0.1, 0.15) is 37.4 Å². The van der Waals surface area contributed by atoms with Crippen LogP contribution in [0.2, 0.25) is 0 Å². The van der Waals surface area contributed by atoms with Crippen molar-refractivity contribution in [1.29, 1.82) is 0 Å². The summed E-state index contributed by atoms with van der Waals surface area (Å²) in [6.45, 7) is 6.92. The molecular weight excluding hydrogens is 304 g/mol. The average Bonchev–Trinajstić information content (AvgIpc) is 2.60. The van der Waals surface area contributed by atoms with E-state index in [1.54, 1.807) is 39.8 Å². The fraction of sp³-hybridized carbons (Fsp3) is 0.500. The molecule has 1 rings (SSSR count). The quantitative estimate of drug-likeness (QED) is 0.485. The smallest absolute Gasteiger partial charge is 0.317 e. The second kappa shape index (κ2) is 5.31. The number of carbonyl (C=O) groups is 2. The lowest BCUT2D eigenvalue weighted by Gasteiger charge is -2.21. The van der Waals surface area contributed by atoms with Crippen LogP contribution in [0.5, 0.6) is 0 Å². The maximum Gasteiger partial charge on any atom is 0.317 e. The van der Waals surface area contributed by atoms with Gasteiger partial charge < -0.3 is 4.74 Å². The van der Waals surface area contributed by atoms with E-state index in [0.29, 0.717) is 4.88 Å². The SMILES string of the molecule is CC(C(=O)OC(C)(C)C)C(=O)c1ccc(Br)s1. The summed E-state index contributed by atoms with van der Waals surface area (Å²) in [4.78, 5) is 24.3. The fourth-order valence-electron chi connectivity index (χ4n) is 1.16. The molecule has 0 aliphatic rings. The molecular formula is C12H15BrO3S. The third-order valence-electron chi connectivity index (χ3n) is 1.97. The number of hydrogen-bond donors (Lipinski definition) is 0. The van der Waals surface area contributed by atoms with Crippen molar-refractivity contribution in [2.75, 3.05) is 0 Å². The molecule has 0 amide bonds. The molecule has 0 fully saturated rings. The normalized spacial score (nSPS) is 13.2. The first kappa shape index (κ1) is 14.4. The first-order chi connectivity index (χ1) is 7.70. The van der Waals surface area contributed by atoms with Crippen LogP contribution in [0.15, 0.2) is 15.9 Å². The minimum Gasteiger partial charge on any atom is -0.459 e. The van der Waals surface area contributed by atoms with E-state index in [0.717, 1.165) is 3.79 Å². The van der Waals surface area contributed by atoms with Crippen molar-refractivity contribution in [2.45, 2.75) is 33.3 Å². The zero-order valence-corrected chi connectivity index (χ0v) is 12.6. The Balaban J connectivity index is 2.73. The molecule has 1 aromatic heterocycles. The predicted molar refractivity (Wildman–Crippen MR) is 71.4 cm³/mol. The van der Waals surface area contributed by atoms with Crippen LogP contribution in [0, 0.1) is 5.92 Å². The van der Waals surface area contributed by atoms with Crippen LogP contribution < -0.4 is 0 Å². The third-order valence-corrected chi connectivity index (χ3v) is 3.61. The van der Waals surface area contributed by atoms with E-state index < -0.39 is 17.5 Å². The van der Waals surface area contributed by atoms with Gasteiger partial charge in [-0.25, -0.2) is 0 Å². The molecule has 3 nitrogen and oxygen atoms in total. The molecule has 0 saturated carbocycles. The molecule has 0 saturated heterocycles. The van der Waals surface area contributed by atoms with Gasteiger partial charge in [0.1, 0.15) is 11.5 Å². The van der Waals surface area contributed by atoms with Crippen LogP contribution in [0.25, 0.3) is 0 Å². The first-order valence-corrected chi connectivity index (χ1v) is 6.84. The topological polar surface area (TPSA) is 43.4 Å². The monoisotopic (exact) mass is 318 g/mol. The molecule has 17 heavy (non-hydrogen) atoms. The van der Waals surface area contributed by atoms with E-state index in [2.05, 4.69) is 15.9 Å². The molecule has 1 aromatic rings. The average molecular weight is 319 g/mol. The van der Waals surface area contributed by atoms with Crippen molar-refractivity contribution < 1.29 is 14.3 Å². The minimum absolute atomic E-state index is 0.199. The molecule has 1 unspecified atom stereocenters. The van der Waals surface area contributed by atoms with Crippen LogP contribution in [-0.2, 0) is 9.53 Å². The summed E-state index contributed by atoms with van der Waals surface area (Å²) in [5.41, 5.74) is -0.568. The Morgan fingerprint density at radius 1 is 1.35 bits per heavy atom. The summed E-state index contributed by atoms with van der Waals surface area (Å²) < 4.78 is 6.05. The van der Waals surface area contributed by atoms with E-state index in [1.807, 2.05) is 0 Å². The Kier molecular flexibility index (Phi) is 4.49. The number of thiophene rings is 1. The first-order valence-electron chi connectivity index (χ1n) is 5.23. The highest BCUT2D eigenvalue weighted by Gasteiger charge is 2.28. The van der Waals surface area contributed by atoms with Gasteiger partial charge in [-0.2, -0.15) is 0 Å². The van der Waals surface area contributed by atoms with Gasteiger partial charge in [0.15, 0.2) is 5.78 Å². The Morgan fingerprint density at radius 3 is 2.35 bits per heavy atom. The number of halogens is 1. The standard InChI is InChI=1S/C12H15BrO3S/c1-7(11(15)16-12(2,3)4)10(14)8-5-6-9(13)17-8/h5-7H,1-4H3. The highest BCUT2D eigenvalue weighted by atomic mass is 79.9. The van der Waals surface area contributed by atoms with Crippen molar-refractivity contribution >= 4 is 39.0 Å². The van der Waals surface area contributed by atoms with Gasteiger partial charge in [-0.05, 0) is 55.8 Å². The maximum absolute atomic E-state index is 12.0. The molecule has 0 aromatic carbocycles. The van der Waals surface area contributed by atoms with Crippen molar-refractivity contribution in [1.82, 2.24) is 0 Å². The zero-order valence-electron chi connectivity index (χ0n) is 10.2. The number of ketones is 1. The van der Waals surface area contributed by atoms with Crippen LogP contribution in [0.3, 0.4) is 0 Å². The van der Waals surface area contributed by atoms with E-state index in [-0.39, 0.29) is 5.78 Å². The largest absolute Gasteiger partial charge is 0.459 e. The molecule has 1 atom stereocenters. The molecule has 0 radical (unpaired) electrons. The van der Waals surface area contributed by atoms with Gasteiger partial charge in [0.25, 0.3) is 0 Å². The summed E-state index contributed by atoms with van der Waals surface area (Å²) in [7, 11) is 0. The molecule has 0 bridgehead atoms. The Labute approximate surface area is 113 Å². The summed E-state index contributed by atoms with van der Waals surface area (Å²) in [5.74, 6) is -1.44. The summed E-state index contributed by atoms with van der Waals surface area (Å²) in [5, 5.41) is 0. The zero-order chi connectivity index (χ0) is 13.2. The predicted octanol–water partition coefficient (Wildman–Crippen LogP) is 3.67. The molecule has 0 aliphatic heterocycles. The lowest BCUT2D eigenvalue weighted by atomic mass is 10.1. The number of hydrogen-bond acceptors (Lipinski definition) is 4. The molecule has 5 heteroatoms. The number of rotatable bonds is 3. The van der Waals surface area contributed by atoms with Gasteiger partial charge >= 0.3 is 5.97 Å².